The van der Waals surface area contributed by atoms with E-state index in [1.807, 2.05) is 14.1 Å². The van der Waals surface area contributed by atoms with Crippen LogP contribution in [0.5, 0.6) is 0 Å². The number of rotatable bonds is 8. The number of nitrogens with one attached hydrogen (secondary N) is 1. The molecule has 174 valence electrons. The summed E-state index contributed by atoms with van der Waals surface area (Å²) in [5.74, 6) is 4.46. The van der Waals surface area contributed by atoms with Crippen LogP contribution in [0.1, 0.15) is 67.2 Å². The maximum Gasteiger partial charge on any atom is 0.0870 e. The van der Waals surface area contributed by atoms with Crippen LogP contribution in [-0.4, -0.2) is 49.5 Å². The monoisotopic (exact) mass is 467 g/mol. The smallest absolute Gasteiger partial charge is 0.0870 e. The Morgan fingerprint density at radius 1 is 1.10 bits per heavy atom. The van der Waals surface area contributed by atoms with Crippen LogP contribution in [0.2, 0.25) is 0 Å². The first kappa shape index (κ1) is 27.8. The molecule has 2 aliphatic carbocycles. The molecular formula is C25H39Cl2N3O. The molecule has 0 amide bonds. The van der Waals surface area contributed by atoms with Crippen LogP contribution < -0.4 is 5.32 Å². The van der Waals surface area contributed by atoms with Crippen LogP contribution in [0.25, 0.3) is 0 Å². The van der Waals surface area contributed by atoms with Gasteiger partial charge in [0.25, 0.3) is 0 Å². The van der Waals surface area contributed by atoms with E-state index in [2.05, 4.69) is 33.4 Å². The van der Waals surface area contributed by atoms with Crippen molar-refractivity contribution in [3.63, 3.8) is 0 Å². The minimum absolute atomic E-state index is 0. The van der Waals surface area contributed by atoms with Crippen LogP contribution in [0.3, 0.4) is 0 Å². The highest BCUT2D eigenvalue weighted by Gasteiger charge is 2.29. The molecule has 1 saturated carbocycles. The summed E-state index contributed by atoms with van der Waals surface area (Å²) in [4.78, 5) is 2.36. The molecule has 6 heteroatoms. The van der Waals surface area contributed by atoms with E-state index in [1.165, 1.54) is 60.8 Å². The van der Waals surface area contributed by atoms with Gasteiger partial charge in [-0.05, 0) is 101 Å². The molecule has 1 aromatic carbocycles. The van der Waals surface area contributed by atoms with Gasteiger partial charge in [0, 0.05) is 5.56 Å². The number of nitrogens with zero attached hydrogens (tertiary/aromatic N) is 2. The van der Waals surface area contributed by atoms with Gasteiger partial charge in [0.15, 0.2) is 0 Å². The van der Waals surface area contributed by atoms with Crippen LogP contribution in [0.15, 0.2) is 17.3 Å². The lowest BCUT2D eigenvalue weighted by atomic mass is 9.90. The summed E-state index contributed by atoms with van der Waals surface area (Å²) in [5.41, 5.74) is 6.59. The molecule has 4 nitrogen and oxygen atoms in total. The van der Waals surface area contributed by atoms with Gasteiger partial charge in [-0.3, -0.25) is 4.90 Å². The number of aryl methyl sites for hydroxylation is 1. The Kier molecular flexibility index (Phi) is 12.6. The number of oxime groups is 1. The SMILES string of the molecule is C#CCN1CCC(CC/C(=N/O)c2ccc(CCC3CC3)c3c2C3)CC1.CNC.Cl.Cl. The summed E-state index contributed by atoms with van der Waals surface area (Å²) in [7, 11) is 3.75. The first-order valence-corrected chi connectivity index (χ1v) is 11.3. The normalized spacial score (nSPS) is 17.9. The minimum Gasteiger partial charge on any atom is -0.411 e. The molecule has 0 bridgehead atoms. The predicted molar refractivity (Wildman–Crippen MR) is 135 cm³/mol. The average molecular weight is 469 g/mol. The zero-order valence-electron chi connectivity index (χ0n) is 19.0. The van der Waals surface area contributed by atoms with Gasteiger partial charge in [-0.2, -0.15) is 0 Å². The number of hydrogen-bond acceptors (Lipinski definition) is 4. The van der Waals surface area contributed by atoms with E-state index in [1.54, 1.807) is 0 Å². The van der Waals surface area contributed by atoms with E-state index in [9.17, 15) is 5.21 Å². The summed E-state index contributed by atoms with van der Waals surface area (Å²) < 4.78 is 0. The summed E-state index contributed by atoms with van der Waals surface area (Å²) in [5, 5.41) is 16.0. The molecule has 1 saturated heterocycles. The Labute approximate surface area is 201 Å². The van der Waals surface area contributed by atoms with Crippen LogP contribution in [0, 0.1) is 24.2 Å². The third-order valence-corrected chi connectivity index (χ3v) is 6.52. The number of fused-ring (bicyclic) bond motifs is 1. The first-order chi connectivity index (χ1) is 14.2. The maximum atomic E-state index is 9.58. The number of piperidine rings is 1. The van der Waals surface area contributed by atoms with Crippen molar-refractivity contribution < 1.29 is 5.21 Å². The number of hydrogen-bond donors (Lipinski definition) is 2. The summed E-state index contributed by atoms with van der Waals surface area (Å²) >= 11 is 0. The molecule has 2 N–H and O–H groups in total. The van der Waals surface area contributed by atoms with Gasteiger partial charge >= 0.3 is 0 Å². The molecule has 2 fully saturated rings. The van der Waals surface area contributed by atoms with Crippen molar-refractivity contribution in [3.05, 3.63) is 34.4 Å². The lowest BCUT2D eigenvalue weighted by Crippen LogP contribution is -2.34. The zero-order chi connectivity index (χ0) is 20.6. The Morgan fingerprint density at radius 2 is 1.74 bits per heavy atom. The van der Waals surface area contributed by atoms with Gasteiger partial charge < -0.3 is 10.5 Å². The molecule has 0 aromatic heterocycles. The molecule has 4 rings (SSSR count). The lowest BCUT2D eigenvalue weighted by Gasteiger charge is -2.30. The molecule has 0 atom stereocenters. The third kappa shape index (κ3) is 8.31. The molecule has 0 spiro atoms. The van der Waals surface area contributed by atoms with Gasteiger partial charge in [-0.15, -0.1) is 31.2 Å². The molecule has 3 aliphatic rings. The van der Waals surface area contributed by atoms with Gasteiger partial charge in [-0.1, -0.05) is 36.1 Å². The number of benzene rings is 1. The fourth-order valence-corrected chi connectivity index (χ4v) is 4.50. The van der Waals surface area contributed by atoms with Crippen molar-refractivity contribution in [2.75, 3.05) is 33.7 Å². The average Bonchev–Trinajstić information content (AvgIpc) is 3.63. The molecule has 1 aliphatic heterocycles. The van der Waals surface area contributed by atoms with E-state index < -0.39 is 0 Å². The molecule has 0 radical (unpaired) electrons. The number of terminal acetylenes is 1. The van der Waals surface area contributed by atoms with Crippen molar-refractivity contribution in [1.82, 2.24) is 10.2 Å². The largest absolute Gasteiger partial charge is 0.411 e. The van der Waals surface area contributed by atoms with Crippen LogP contribution in [-0.2, 0) is 12.8 Å². The highest BCUT2D eigenvalue weighted by molar-refractivity contribution is 6.03. The first-order valence-electron chi connectivity index (χ1n) is 11.3. The molecule has 1 aromatic rings. The molecule has 31 heavy (non-hydrogen) atoms. The second-order valence-corrected chi connectivity index (χ2v) is 8.90. The predicted octanol–water partition coefficient (Wildman–Crippen LogP) is 4.92. The highest BCUT2D eigenvalue weighted by Crippen LogP contribution is 2.39. The Balaban J connectivity index is 0.000000910. The van der Waals surface area contributed by atoms with E-state index in [4.69, 9.17) is 6.42 Å². The molecular weight excluding hydrogens is 429 g/mol. The van der Waals surface area contributed by atoms with Crippen molar-refractivity contribution in [3.8, 4) is 12.3 Å². The fraction of sp³-hybridized carbons (Fsp3) is 0.640. The van der Waals surface area contributed by atoms with Crippen molar-refractivity contribution in [2.24, 2.45) is 17.0 Å². The van der Waals surface area contributed by atoms with Gasteiger partial charge in [-0.25, -0.2) is 0 Å². The summed E-state index contributed by atoms with van der Waals surface area (Å²) in [6, 6.07) is 4.49. The van der Waals surface area contributed by atoms with Gasteiger partial charge in [0.05, 0.1) is 12.3 Å². The van der Waals surface area contributed by atoms with E-state index >= 15 is 0 Å². The van der Waals surface area contributed by atoms with Gasteiger partial charge in [0.1, 0.15) is 0 Å². The quantitative estimate of drug-likeness (QED) is 0.250. The molecule has 0 unspecified atom stereocenters. The third-order valence-electron chi connectivity index (χ3n) is 6.52. The summed E-state index contributed by atoms with van der Waals surface area (Å²) in [6.45, 7) is 2.98. The highest BCUT2D eigenvalue weighted by atomic mass is 35.5. The van der Waals surface area contributed by atoms with Crippen molar-refractivity contribution in [1.29, 1.82) is 0 Å². The van der Waals surface area contributed by atoms with Crippen LogP contribution >= 0.6 is 24.8 Å². The van der Waals surface area contributed by atoms with E-state index in [0.29, 0.717) is 0 Å². The second kappa shape index (κ2) is 14.0. The standard InChI is InChI=1S/C23H30N2O.C2H7N.2ClH/c1-2-13-25-14-11-18(12-15-25)6-10-23(24-26)20-9-8-19(21-16-22(20)21)7-5-17-3-4-17;1-3-2;;/h1,8-9,17-18,26H,3-7,10-16H2;3H,1-2H3;2*1H/b24-23-;;;. The fourth-order valence-electron chi connectivity index (χ4n) is 4.50. The molecule has 1 heterocycles. The minimum atomic E-state index is 0. The Morgan fingerprint density at radius 3 is 2.32 bits per heavy atom. The number of likely N-dealkylation sites (tertiary alicyclic amines) is 1. The zero-order valence-corrected chi connectivity index (χ0v) is 20.7. The lowest BCUT2D eigenvalue weighted by molar-refractivity contribution is 0.198. The Hall–Kier alpha value is -1.25. The second-order valence-electron chi connectivity index (χ2n) is 8.90. The van der Waals surface area contributed by atoms with E-state index in [0.717, 1.165) is 56.4 Å². The van der Waals surface area contributed by atoms with Crippen molar-refractivity contribution >= 4 is 30.5 Å². The topological polar surface area (TPSA) is 47.9 Å². The van der Waals surface area contributed by atoms with Crippen LogP contribution in [0.4, 0.5) is 0 Å². The maximum absolute atomic E-state index is 9.58. The van der Waals surface area contributed by atoms with E-state index in [-0.39, 0.29) is 24.8 Å². The number of halogens is 2. The van der Waals surface area contributed by atoms with Crippen molar-refractivity contribution in [2.45, 2.75) is 57.8 Å². The Bertz CT molecular complexity index is 748. The van der Waals surface area contributed by atoms with Gasteiger partial charge in [0.2, 0.25) is 0 Å². The summed E-state index contributed by atoms with van der Waals surface area (Å²) in [6.07, 6.45) is 16.4.